The van der Waals surface area contributed by atoms with Crippen LogP contribution in [0.15, 0.2) is 47.1 Å². The molecular formula is C18H17N3O5. The van der Waals surface area contributed by atoms with E-state index in [4.69, 9.17) is 13.9 Å². The Morgan fingerprint density at radius 2 is 2.08 bits per heavy atom. The maximum atomic E-state index is 10.7. The van der Waals surface area contributed by atoms with Crippen molar-refractivity contribution in [3.05, 3.63) is 70.0 Å². The first-order valence-electron chi connectivity index (χ1n) is 7.75. The lowest BCUT2D eigenvalue weighted by atomic mass is 10.2. The lowest BCUT2D eigenvalue weighted by Gasteiger charge is -2.13. The van der Waals surface area contributed by atoms with Crippen LogP contribution in [0.25, 0.3) is 12.2 Å². The van der Waals surface area contributed by atoms with Gasteiger partial charge in [0, 0.05) is 18.0 Å². The molecule has 0 N–H and O–H groups in total. The van der Waals surface area contributed by atoms with E-state index in [1.54, 1.807) is 32.6 Å². The Hall–Kier alpha value is -3.55. The minimum absolute atomic E-state index is 0.297. The van der Waals surface area contributed by atoms with E-state index >= 15 is 0 Å². The summed E-state index contributed by atoms with van der Waals surface area (Å²) in [7, 11) is 3.19. The van der Waals surface area contributed by atoms with Crippen molar-refractivity contribution in [1.29, 1.82) is 0 Å². The highest BCUT2D eigenvalue weighted by atomic mass is 16.6. The fourth-order valence-corrected chi connectivity index (χ4v) is 2.56. The normalized spacial score (nSPS) is 11.0. The van der Waals surface area contributed by atoms with Crippen molar-refractivity contribution in [2.24, 2.45) is 0 Å². The van der Waals surface area contributed by atoms with Gasteiger partial charge in [-0.15, -0.1) is 0 Å². The van der Waals surface area contributed by atoms with Gasteiger partial charge < -0.3 is 18.5 Å². The number of nitro groups is 1. The molecule has 0 aliphatic carbocycles. The van der Waals surface area contributed by atoms with E-state index in [2.05, 4.69) is 4.98 Å². The third kappa shape index (κ3) is 3.59. The van der Waals surface area contributed by atoms with Gasteiger partial charge >= 0.3 is 5.88 Å². The first-order valence-corrected chi connectivity index (χ1v) is 7.75. The maximum absolute atomic E-state index is 10.7. The molecule has 0 bridgehead atoms. The van der Waals surface area contributed by atoms with Gasteiger partial charge in [-0.1, -0.05) is 12.1 Å². The van der Waals surface area contributed by atoms with E-state index in [1.165, 1.54) is 12.1 Å². The summed E-state index contributed by atoms with van der Waals surface area (Å²) in [5.41, 5.74) is 0.938. The summed E-state index contributed by atoms with van der Waals surface area (Å²) in [5, 5.41) is 10.7. The maximum Gasteiger partial charge on any atom is 0.433 e. The average Bonchev–Trinajstić information content (AvgIpc) is 3.29. The number of nitrogens with zero attached hydrogens (tertiary/aromatic N) is 3. The zero-order valence-electron chi connectivity index (χ0n) is 14.3. The van der Waals surface area contributed by atoms with Crippen LogP contribution in [0, 0.1) is 10.1 Å². The van der Waals surface area contributed by atoms with E-state index < -0.39 is 4.92 Å². The largest absolute Gasteiger partial charge is 0.493 e. The van der Waals surface area contributed by atoms with E-state index in [1.807, 2.05) is 29.0 Å². The molecule has 134 valence electrons. The molecule has 0 spiro atoms. The Bertz CT molecular complexity index is 942. The van der Waals surface area contributed by atoms with Crippen LogP contribution >= 0.6 is 0 Å². The highest BCUT2D eigenvalue weighted by Gasteiger charge is 2.12. The molecule has 8 nitrogen and oxygen atoms in total. The van der Waals surface area contributed by atoms with Crippen LogP contribution in [0.3, 0.4) is 0 Å². The molecule has 0 radical (unpaired) electrons. The zero-order valence-corrected chi connectivity index (χ0v) is 14.3. The van der Waals surface area contributed by atoms with Crippen LogP contribution in [0.4, 0.5) is 5.88 Å². The Kier molecular flexibility index (Phi) is 5.02. The number of para-hydroxylation sites is 1. The van der Waals surface area contributed by atoms with Crippen molar-refractivity contribution < 1.29 is 18.8 Å². The molecule has 0 unspecified atom stereocenters. The fourth-order valence-electron chi connectivity index (χ4n) is 2.56. The third-order valence-electron chi connectivity index (χ3n) is 3.76. The van der Waals surface area contributed by atoms with Crippen molar-refractivity contribution in [2.45, 2.75) is 6.54 Å². The predicted molar refractivity (Wildman–Crippen MR) is 95.2 cm³/mol. The van der Waals surface area contributed by atoms with Gasteiger partial charge in [0.2, 0.25) is 0 Å². The molecule has 2 heterocycles. The Balaban J connectivity index is 1.83. The minimum atomic E-state index is -0.576. The molecule has 0 saturated heterocycles. The highest BCUT2D eigenvalue weighted by Crippen LogP contribution is 2.31. The van der Waals surface area contributed by atoms with Crippen LogP contribution in [0.5, 0.6) is 11.5 Å². The summed E-state index contributed by atoms with van der Waals surface area (Å²) >= 11 is 0. The molecule has 8 heteroatoms. The number of rotatable bonds is 7. The molecule has 1 aromatic carbocycles. The van der Waals surface area contributed by atoms with Crippen LogP contribution in [-0.4, -0.2) is 28.7 Å². The highest BCUT2D eigenvalue weighted by molar-refractivity contribution is 5.64. The quantitative estimate of drug-likeness (QED) is 0.475. The summed E-state index contributed by atoms with van der Waals surface area (Å²) in [5.74, 6) is 2.08. The smallest absolute Gasteiger partial charge is 0.433 e. The van der Waals surface area contributed by atoms with Gasteiger partial charge in [-0.3, -0.25) is 10.1 Å². The van der Waals surface area contributed by atoms with Gasteiger partial charge in [-0.05, 0) is 24.3 Å². The number of hydrogen-bond acceptors (Lipinski definition) is 6. The molecule has 3 rings (SSSR count). The Labute approximate surface area is 149 Å². The first-order chi connectivity index (χ1) is 12.6. The van der Waals surface area contributed by atoms with Crippen molar-refractivity contribution >= 4 is 18.0 Å². The molecule has 2 aromatic heterocycles. The van der Waals surface area contributed by atoms with Crippen LogP contribution in [0.1, 0.15) is 17.1 Å². The summed E-state index contributed by atoms with van der Waals surface area (Å²) in [4.78, 5) is 14.4. The molecule has 0 amide bonds. The number of imidazole rings is 1. The monoisotopic (exact) mass is 355 g/mol. The van der Waals surface area contributed by atoms with E-state index in [0.29, 0.717) is 29.6 Å². The molecular weight excluding hydrogens is 338 g/mol. The SMILES string of the molecule is COc1cccc(Cn2ccnc2/C=C/c2ccc([N+](=O)[O-])o2)c1OC. The van der Waals surface area contributed by atoms with Gasteiger partial charge in [0.25, 0.3) is 0 Å². The number of aromatic nitrogens is 2. The van der Waals surface area contributed by atoms with E-state index in [0.717, 1.165) is 5.56 Å². The first kappa shape index (κ1) is 17.3. The number of methoxy groups -OCH3 is 2. The number of furan rings is 1. The minimum Gasteiger partial charge on any atom is -0.493 e. The van der Waals surface area contributed by atoms with E-state index in [9.17, 15) is 10.1 Å². The summed E-state index contributed by atoms with van der Waals surface area (Å²) in [6.45, 7) is 0.526. The lowest BCUT2D eigenvalue weighted by molar-refractivity contribution is -0.402. The predicted octanol–water partition coefficient (Wildman–Crippen LogP) is 3.62. The summed E-state index contributed by atoms with van der Waals surface area (Å²) in [6, 6.07) is 8.52. The number of hydrogen-bond donors (Lipinski definition) is 0. The lowest BCUT2D eigenvalue weighted by Crippen LogP contribution is -2.04. The third-order valence-corrected chi connectivity index (χ3v) is 3.76. The molecule has 0 atom stereocenters. The number of ether oxygens (including phenoxy) is 2. The molecule has 26 heavy (non-hydrogen) atoms. The molecule has 0 saturated carbocycles. The van der Waals surface area contributed by atoms with Crippen molar-refractivity contribution in [3.8, 4) is 11.5 Å². The Morgan fingerprint density at radius 3 is 2.77 bits per heavy atom. The van der Waals surface area contributed by atoms with Gasteiger partial charge in [0.15, 0.2) is 11.5 Å². The second-order valence-electron chi connectivity index (χ2n) is 5.33. The Morgan fingerprint density at radius 1 is 1.23 bits per heavy atom. The molecule has 0 fully saturated rings. The topological polar surface area (TPSA) is 92.6 Å². The van der Waals surface area contributed by atoms with Gasteiger partial charge in [0.05, 0.1) is 26.8 Å². The average molecular weight is 355 g/mol. The van der Waals surface area contributed by atoms with Gasteiger partial charge in [-0.2, -0.15) is 0 Å². The van der Waals surface area contributed by atoms with Gasteiger partial charge in [0.1, 0.15) is 16.5 Å². The van der Waals surface area contributed by atoms with Crippen molar-refractivity contribution in [3.63, 3.8) is 0 Å². The second-order valence-corrected chi connectivity index (χ2v) is 5.33. The van der Waals surface area contributed by atoms with Gasteiger partial charge in [-0.25, -0.2) is 4.98 Å². The van der Waals surface area contributed by atoms with Crippen LogP contribution in [-0.2, 0) is 6.54 Å². The van der Waals surface area contributed by atoms with Crippen LogP contribution in [0.2, 0.25) is 0 Å². The molecule has 0 aliphatic heterocycles. The molecule has 3 aromatic rings. The van der Waals surface area contributed by atoms with Crippen molar-refractivity contribution in [1.82, 2.24) is 9.55 Å². The van der Waals surface area contributed by atoms with Crippen molar-refractivity contribution in [2.75, 3.05) is 14.2 Å². The second kappa shape index (κ2) is 7.56. The standard InChI is InChI=1S/C18H17N3O5/c1-24-15-5-3-4-13(18(15)25-2)12-20-11-10-19-16(20)8-6-14-7-9-17(26-14)21(22)23/h3-11H,12H2,1-2H3/b8-6+. The van der Waals surface area contributed by atoms with E-state index in [-0.39, 0.29) is 5.88 Å². The summed E-state index contributed by atoms with van der Waals surface area (Å²) < 4.78 is 17.8. The summed E-state index contributed by atoms with van der Waals surface area (Å²) in [6.07, 6.45) is 6.88. The zero-order chi connectivity index (χ0) is 18.5. The fraction of sp³-hybridized carbons (Fsp3) is 0.167. The molecule has 0 aliphatic rings. The number of benzene rings is 1. The van der Waals surface area contributed by atoms with Crippen LogP contribution < -0.4 is 9.47 Å².